The number of methoxy groups -OCH3 is 1. The molecule has 0 radical (unpaired) electrons. The van der Waals surface area contributed by atoms with E-state index >= 15 is 0 Å². The van der Waals surface area contributed by atoms with E-state index in [-0.39, 0.29) is 35.0 Å². The van der Waals surface area contributed by atoms with Gasteiger partial charge >= 0.3 is 0 Å². The Morgan fingerprint density at radius 2 is 1.61 bits per heavy atom. The topological polar surface area (TPSA) is 98.1 Å². The van der Waals surface area contributed by atoms with Gasteiger partial charge in [-0.2, -0.15) is 5.26 Å². The van der Waals surface area contributed by atoms with Gasteiger partial charge in [0.1, 0.15) is 23.7 Å². The highest BCUT2D eigenvalue weighted by Crippen LogP contribution is 2.55. The van der Waals surface area contributed by atoms with E-state index in [4.69, 9.17) is 9.47 Å². The van der Waals surface area contributed by atoms with Crippen LogP contribution in [-0.4, -0.2) is 73.5 Å². The minimum Gasteiger partial charge on any atom is -0.495 e. The Balaban J connectivity index is 1.17. The second-order valence-electron chi connectivity index (χ2n) is 13.1. The molecule has 41 heavy (non-hydrogen) atoms. The fraction of sp³-hybridized carbons (Fsp3) is 0.576. The molecule has 1 heterocycles. The number of carbonyl (C=O) groups is 1. The molecule has 2 aromatic rings. The molecule has 0 spiro atoms. The highest BCUT2D eigenvalue weighted by Gasteiger charge is 2.64. The first-order chi connectivity index (χ1) is 19.5. The number of piperazine rings is 1. The molecule has 2 saturated carbocycles. The van der Waals surface area contributed by atoms with E-state index in [1.54, 1.807) is 25.3 Å². The van der Waals surface area contributed by atoms with E-state index in [2.05, 4.69) is 61.0 Å². The first-order valence-corrected chi connectivity index (χ1v) is 14.9. The van der Waals surface area contributed by atoms with Crippen LogP contribution in [0.2, 0.25) is 0 Å². The van der Waals surface area contributed by atoms with Crippen LogP contribution in [0.4, 0.5) is 5.69 Å². The van der Waals surface area contributed by atoms with Crippen LogP contribution in [0.15, 0.2) is 42.5 Å². The molecule has 2 aromatic carbocycles. The van der Waals surface area contributed by atoms with E-state index in [9.17, 15) is 15.2 Å². The molecule has 3 aliphatic rings. The summed E-state index contributed by atoms with van der Waals surface area (Å²) in [6.45, 7) is 12.5. The zero-order chi connectivity index (χ0) is 29.4. The molecule has 3 fully saturated rings. The Labute approximate surface area is 244 Å². The van der Waals surface area contributed by atoms with Crippen LogP contribution >= 0.6 is 0 Å². The first-order valence-electron chi connectivity index (χ1n) is 14.9. The van der Waals surface area contributed by atoms with Gasteiger partial charge in [-0.15, -0.1) is 0 Å². The maximum atomic E-state index is 13.3. The average Bonchev–Trinajstić information content (AvgIpc) is 2.98. The molecule has 8 heteroatoms. The van der Waals surface area contributed by atoms with Gasteiger partial charge in [0.15, 0.2) is 0 Å². The van der Waals surface area contributed by atoms with Crippen molar-refractivity contribution in [2.24, 2.45) is 10.8 Å². The number of amides is 1. The fourth-order valence-electron chi connectivity index (χ4n) is 7.58. The van der Waals surface area contributed by atoms with Gasteiger partial charge in [-0.25, -0.2) is 0 Å². The number of nitriles is 1. The summed E-state index contributed by atoms with van der Waals surface area (Å²) in [6, 6.07) is 15.9. The molecule has 0 atom stereocenters. The van der Waals surface area contributed by atoms with Crippen molar-refractivity contribution in [2.45, 2.75) is 77.7 Å². The molecule has 0 unspecified atom stereocenters. The van der Waals surface area contributed by atoms with Crippen LogP contribution in [0.25, 0.3) is 0 Å². The number of benzene rings is 2. The molecule has 2 aliphatic carbocycles. The molecule has 0 bridgehead atoms. The lowest BCUT2D eigenvalue weighted by Crippen LogP contribution is -2.74. The summed E-state index contributed by atoms with van der Waals surface area (Å²) in [5, 5.41) is 22.4. The van der Waals surface area contributed by atoms with Gasteiger partial charge in [0.2, 0.25) is 0 Å². The maximum absolute atomic E-state index is 13.3. The quantitative estimate of drug-likeness (QED) is 0.511. The van der Waals surface area contributed by atoms with Gasteiger partial charge in [-0.05, 0) is 62.1 Å². The molecule has 220 valence electrons. The summed E-state index contributed by atoms with van der Waals surface area (Å²) in [4.78, 5) is 18.3. The van der Waals surface area contributed by atoms with Crippen molar-refractivity contribution in [1.82, 2.24) is 10.2 Å². The third-order valence-electron chi connectivity index (χ3n) is 9.65. The number of nitrogens with zero attached hydrogens (tertiary/aromatic N) is 3. The molecular formula is C33H44N4O4. The maximum Gasteiger partial charge on any atom is 0.251 e. The minimum atomic E-state index is -0.309. The number of anilines is 1. The first kappa shape index (κ1) is 29.2. The van der Waals surface area contributed by atoms with Gasteiger partial charge in [0.05, 0.1) is 18.8 Å². The zero-order valence-electron chi connectivity index (χ0n) is 25.0. The summed E-state index contributed by atoms with van der Waals surface area (Å²) in [6.07, 6.45) is 3.77. The molecule has 0 aromatic heterocycles. The highest BCUT2D eigenvalue weighted by atomic mass is 16.5. The summed E-state index contributed by atoms with van der Waals surface area (Å²) < 4.78 is 11.8. The Bertz CT molecular complexity index is 1250. The van der Waals surface area contributed by atoms with Crippen LogP contribution in [0.5, 0.6) is 11.5 Å². The summed E-state index contributed by atoms with van der Waals surface area (Å²) in [7, 11) is 1.54. The van der Waals surface area contributed by atoms with Crippen molar-refractivity contribution < 1.29 is 19.4 Å². The second-order valence-corrected chi connectivity index (χ2v) is 13.1. The summed E-state index contributed by atoms with van der Waals surface area (Å²) in [5.74, 6) is 1.05. The van der Waals surface area contributed by atoms with Crippen LogP contribution < -0.4 is 19.7 Å². The lowest BCUT2D eigenvalue weighted by molar-refractivity contribution is -0.164. The van der Waals surface area contributed by atoms with Crippen LogP contribution in [0, 0.1) is 22.2 Å². The second kappa shape index (κ2) is 11.5. The predicted octanol–water partition coefficient (Wildman–Crippen LogP) is 4.60. The number of rotatable bonds is 7. The largest absolute Gasteiger partial charge is 0.495 e. The lowest BCUT2D eigenvalue weighted by Gasteiger charge is -2.63. The Morgan fingerprint density at radius 1 is 0.976 bits per heavy atom. The van der Waals surface area contributed by atoms with Gasteiger partial charge in [0, 0.05) is 66.4 Å². The van der Waals surface area contributed by atoms with E-state index in [1.165, 1.54) is 0 Å². The zero-order valence-corrected chi connectivity index (χ0v) is 25.0. The van der Waals surface area contributed by atoms with Crippen LogP contribution in [0.1, 0.15) is 69.3 Å². The Morgan fingerprint density at radius 3 is 2.20 bits per heavy atom. The van der Waals surface area contributed by atoms with Crippen molar-refractivity contribution in [3.63, 3.8) is 0 Å². The lowest BCUT2D eigenvalue weighted by atomic mass is 9.49. The SMILES string of the molecule is COc1cc(OC2C(C)(C)C(NC(=O)c3ccc(N4CCN(C5CCC(O)CC5)CC4)cc3)C2(C)C)ccc1C#N. The summed E-state index contributed by atoms with van der Waals surface area (Å²) >= 11 is 0. The van der Waals surface area contributed by atoms with Crippen LogP contribution in [-0.2, 0) is 0 Å². The molecule has 2 N–H and O–H groups in total. The van der Waals surface area contributed by atoms with E-state index in [1.807, 2.05) is 12.1 Å². The fourth-order valence-corrected chi connectivity index (χ4v) is 7.58. The van der Waals surface area contributed by atoms with Crippen molar-refractivity contribution in [1.29, 1.82) is 5.26 Å². The van der Waals surface area contributed by atoms with Crippen molar-refractivity contribution >= 4 is 11.6 Å². The van der Waals surface area contributed by atoms with Crippen LogP contribution in [0.3, 0.4) is 0 Å². The molecule has 5 rings (SSSR count). The monoisotopic (exact) mass is 560 g/mol. The third kappa shape index (κ3) is 5.75. The minimum absolute atomic E-state index is 0.0782. The number of aliphatic hydroxyl groups excluding tert-OH is 1. The number of carbonyl (C=O) groups excluding carboxylic acids is 1. The van der Waals surface area contributed by atoms with Crippen molar-refractivity contribution in [3.8, 4) is 17.6 Å². The Kier molecular flexibility index (Phi) is 8.22. The van der Waals surface area contributed by atoms with E-state index in [0.29, 0.717) is 28.7 Å². The van der Waals surface area contributed by atoms with Gasteiger partial charge in [0.25, 0.3) is 5.91 Å². The van der Waals surface area contributed by atoms with Crippen molar-refractivity contribution in [3.05, 3.63) is 53.6 Å². The normalized spacial score (nSPS) is 27.3. The molecule has 1 saturated heterocycles. The van der Waals surface area contributed by atoms with Gasteiger partial charge < -0.3 is 24.8 Å². The van der Waals surface area contributed by atoms with Crippen molar-refractivity contribution in [2.75, 3.05) is 38.2 Å². The van der Waals surface area contributed by atoms with Gasteiger partial charge in [-0.1, -0.05) is 27.7 Å². The number of hydrogen-bond acceptors (Lipinski definition) is 7. The van der Waals surface area contributed by atoms with E-state index < -0.39 is 0 Å². The Hall–Kier alpha value is -3.28. The molecule has 1 amide bonds. The average molecular weight is 561 g/mol. The third-order valence-corrected chi connectivity index (χ3v) is 9.65. The standard InChI is InChI=1S/C33H44N4O4/c1-32(2)30(33(3,4)31(32)41-27-15-8-23(21-34)28(20-27)40-5)35-29(39)22-6-9-24(10-7-22)36-16-18-37(19-17-36)25-11-13-26(38)14-12-25/h6-10,15,20,25-26,30-31,38H,11-14,16-19H2,1-5H3,(H,35,39). The van der Waals surface area contributed by atoms with Gasteiger partial charge in [-0.3, -0.25) is 9.69 Å². The molecular weight excluding hydrogens is 516 g/mol. The molecule has 1 aliphatic heterocycles. The van der Waals surface area contributed by atoms with E-state index in [0.717, 1.165) is 57.5 Å². The number of hydrogen-bond donors (Lipinski definition) is 2. The summed E-state index contributed by atoms with van der Waals surface area (Å²) in [5.41, 5.74) is 1.65. The number of aliphatic hydroxyl groups is 1. The highest BCUT2D eigenvalue weighted by molar-refractivity contribution is 5.95. The predicted molar refractivity (Wildman–Crippen MR) is 159 cm³/mol. The number of ether oxygens (including phenoxy) is 2. The molecule has 8 nitrogen and oxygen atoms in total. The smallest absolute Gasteiger partial charge is 0.251 e. The number of nitrogens with one attached hydrogen (secondary N) is 1.